The molecular formula is C13H20N2O3. The van der Waals surface area contributed by atoms with E-state index in [0.717, 1.165) is 12.8 Å². The van der Waals surface area contributed by atoms with Gasteiger partial charge < -0.3 is 15.6 Å². The van der Waals surface area contributed by atoms with Gasteiger partial charge in [-0.05, 0) is 12.5 Å². The van der Waals surface area contributed by atoms with E-state index in [-0.39, 0.29) is 17.1 Å². The fraction of sp³-hybridized carbons (Fsp3) is 0.538. The third kappa shape index (κ3) is 4.61. The zero-order valence-corrected chi connectivity index (χ0v) is 10.7. The van der Waals surface area contributed by atoms with Crippen LogP contribution in [0.4, 0.5) is 5.82 Å². The summed E-state index contributed by atoms with van der Waals surface area (Å²) >= 11 is 0. The van der Waals surface area contributed by atoms with Crippen LogP contribution in [0.5, 0.6) is 5.75 Å². The van der Waals surface area contributed by atoms with E-state index in [4.69, 9.17) is 15.6 Å². The number of aromatic carboxylic acids is 1. The Balaban J connectivity index is 2.44. The van der Waals surface area contributed by atoms with Crippen molar-refractivity contribution in [2.75, 3.05) is 12.3 Å². The minimum atomic E-state index is -1.05. The number of aromatic nitrogens is 1. The first kappa shape index (κ1) is 14.3. The molecular weight excluding hydrogens is 232 g/mol. The Bertz CT molecular complexity index is 394. The van der Waals surface area contributed by atoms with Gasteiger partial charge in [0.1, 0.15) is 11.4 Å². The molecule has 0 bridgehead atoms. The van der Waals surface area contributed by atoms with Crippen molar-refractivity contribution in [3.05, 3.63) is 17.8 Å². The van der Waals surface area contributed by atoms with E-state index in [2.05, 4.69) is 11.9 Å². The molecule has 0 amide bonds. The lowest BCUT2D eigenvalue weighted by Crippen LogP contribution is -2.06. The predicted octanol–water partition coefficient (Wildman–Crippen LogP) is 2.71. The minimum Gasteiger partial charge on any atom is -0.491 e. The molecule has 5 heteroatoms. The Morgan fingerprint density at radius 3 is 2.78 bits per heavy atom. The second kappa shape index (κ2) is 7.53. The molecule has 0 aliphatic rings. The van der Waals surface area contributed by atoms with E-state index in [0.29, 0.717) is 6.61 Å². The lowest BCUT2D eigenvalue weighted by molar-refractivity contribution is 0.0692. The van der Waals surface area contributed by atoms with Gasteiger partial charge in [-0.1, -0.05) is 32.6 Å². The number of hydrogen-bond acceptors (Lipinski definition) is 4. The maximum absolute atomic E-state index is 11.0. The number of nitrogens with two attached hydrogens (primary N) is 1. The van der Waals surface area contributed by atoms with Crippen LogP contribution in [-0.4, -0.2) is 22.7 Å². The summed E-state index contributed by atoms with van der Waals surface area (Å²) in [5.74, 6) is -0.583. The summed E-state index contributed by atoms with van der Waals surface area (Å²) in [5, 5.41) is 9.00. The minimum absolute atomic E-state index is 0.0658. The van der Waals surface area contributed by atoms with Gasteiger partial charge >= 0.3 is 5.97 Å². The molecule has 5 nitrogen and oxygen atoms in total. The summed E-state index contributed by atoms with van der Waals surface area (Å²) in [4.78, 5) is 14.8. The zero-order valence-electron chi connectivity index (χ0n) is 10.7. The smallest absolute Gasteiger partial charge is 0.339 e. The van der Waals surface area contributed by atoms with Crippen molar-refractivity contribution in [3.63, 3.8) is 0 Å². The van der Waals surface area contributed by atoms with Crippen LogP contribution < -0.4 is 10.5 Å². The SMILES string of the molecule is CCCCCCCOc1cnc(N)cc1C(=O)O. The highest BCUT2D eigenvalue weighted by atomic mass is 16.5. The van der Waals surface area contributed by atoms with Crippen LogP contribution in [0, 0.1) is 0 Å². The second-order valence-electron chi connectivity index (χ2n) is 4.17. The molecule has 0 aliphatic carbocycles. The van der Waals surface area contributed by atoms with E-state index >= 15 is 0 Å². The topological polar surface area (TPSA) is 85.4 Å². The first-order valence-corrected chi connectivity index (χ1v) is 6.26. The van der Waals surface area contributed by atoms with Crippen molar-refractivity contribution < 1.29 is 14.6 Å². The molecule has 1 heterocycles. The maximum atomic E-state index is 11.0. The summed E-state index contributed by atoms with van der Waals surface area (Å²) in [6.45, 7) is 2.67. The normalized spacial score (nSPS) is 10.3. The molecule has 1 aromatic heterocycles. The van der Waals surface area contributed by atoms with Gasteiger partial charge in [0, 0.05) is 0 Å². The van der Waals surface area contributed by atoms with Crippen molar-refractivity contribution >= 4 is 11.8 Å². The third-order valence-electron chi connectivity index (χ3n) is 2.62. The van der Waals surface area contributed by atoms with Gasteiger partial charge in [-0.3, -0.25) is 0 Å². The number of ether oxygens (including phenoxy) is 1. The number of nitrogens with zero attached hydrogens (tertiary/aromatic N) is 1. The van der Waals surface area contributed by atoms with Gasteiger partial charge in [0.15, 0.2) is 5.75 Å². The summed E-state index contributed by atoms with van der Waals surface area (Å²) in [5.41, 5.74) is 5.51. The quantitative estimate of drug-likeness (QED) is 0.695. The van der Waals surface area contributed by atoms with Gasteiger partial charge in [-0.15, -0.1) is 0 Å². The molecule has 0 spiro atoms. The van der Waals surface area contributed by atoms with Gasteiger partial charge in [0.2, 0.25) is 0 Å². The molecule has 18 heavy (non-hydrogen) atoms. The third-order valence-corrected chi connectivity index (χ3v) is 2.62. The lowest BCUT2D eigenvalue weighted by atomic mass is 10.2. The van der Waals surface area contributed by atoms with E-state index in [1.54, 1.807) is 0 Å². The molecule has 0 atom stereocenters. The largest absolute Gasteiger partial charge is 0.491 e. The summed E-state index contributed by atoms with van der Waals surface area (Å²) in [6, 6.07) is 1.31. The molecule has 0 radical (unpaired) electrons. The lowest BCUT2D eigenvalue weighted by Gasteiger charge is -2.08. The van der Waals surface area contributed by atoms with Gasteiger partial charge in [0.05, 0.1) is 12.8 Å². The predicted molar refractivity (Wildman–Crippen MR) is 69.9 cm³/mol. The van der Waals surface area contributed by atoms with E-state index in [1.165, 1.54) is 31.5 Å². The number of hydrogen-bond donors (Lipinski definition) is 2. The summed E-state index contributed by atoms with van der Waals surface area (Å²) < 4.78 is 5.43. The monoisotopic (exact) mass is 252 g/mol. The highest BCUT2D eigenvalue weighted by Crippen LogP contribution is 2.19. The fourth-order valence-corrected chi connectivity index (χ4v) is 1.63. The van der Waals surface area contributed by atoms with Crippen LogP contribution in [-0.2, 0) is 0 Å². The average Bonchev–Trinajstić information content (AvgIpc) is 2.35. The zero-order chi connectivity index (χ0) is 13.4. The number of nitrogen functional groups attached to an aromatic ring is 1. The number of pyridine rings is 1. The van der Waals surface area contributed by atoms with Crippen LogP contribution in [0.15, 0.2) is 12.3 Å². The Hall–Kier alpha value is -1.78. The number of carbonyl (C=O) groups is 1. The van der Waals surface area contributed by atoms with Crippen LogP contribution >= 0.6 is 0 Å². The van der Waals surface area contributed by atoms with Gasteiger partial charge in [0.25, 0.3) is 0 Å². The molecule has 0 saturated heterocycles. The van der Waals surface area contributed by atoms with Crippen molar-refractivity contribution in [2.45, 2.75) is 39.0 Å². The second-order valence-corrected chi connectivity index (χ2v) is 4.17. The van der Waals surface area contributed by atoms with Crippen molar-refractivity contribution in [3.8, 4) is 5.75 Å². The molecule has 0 unspecified atom stereocenters. The number of anilines is 1. The number of carboxylic acid groups (broad SMARTS) is 1. The summed E-state index contributed by atoms with van der Waals surface area (Å²) in [6.07, 6.45) is 6.99. The molecule has 0 fully saturated rings. The fourth-order valence-electron chi connectivity index (χ4n) is 1.63. The van der Waals surface area contributed by atoms with Crippen LogP contribution in [0.1, 0.15) is 49.4 Å². The standard InChI is InChI=1S/C13H20N2O3/c1-2-3-4-5-6-7-18-11-9-15-12(14)8-10(11)13(16)17/h8-9H,2-7H2,1H3,(H2,14,15)(H,16,17). The molecule has 1 aromatic rings. The molecule has 3 N–H and O–H groups in total. The van der Waals surface area contributed by atoms with Crippen molar-refractivity contribution in [2.24, 2.45) is 0 Å². The molecule has 0 aromatic carbocycles. The Kier molecular flexibility index (Phi) is 5.97. The van der Waals surface area contributed by atoms with Crippen LogP contribution in [0.25, 0.3) is 0 Å². The number of rotatable bonds is 8. The Morgan fingerprint density at radius 2 is 2.11 bits per heavy atom. The van der Waals surface area contributed by atoms with Crippen molar-refractivity contribution in [1.29, 1.82) is 0 Å². The Labute approximate surface area is 107 Å². The number of unbranched alkanes of at least 4 members (excludes halogenated alkanes) is 4. The van der Waals surface area contributed by atoms with Gasteiger partial charge in [-0.2, -0.15) is 0 Å². The average molecular weight is 252 g/mol. The maximum Gasteiger partial charge on any atom is 0.339 e. The van der Waals surface area contributed by atoms with Crippen LogP contribution in [0.2, 0.25) is 0 Å². The Morgan fingerprint density at radius 1 is 1.39 bits per heavy atom. The van der Waals surface area contributed by atoms with E-state index < -0.39 is 5.97 Å². The number of carboxylic acids is 1. The first-order valence-electron chi connectivity index (χ1n) is 6.26. The molecule has 0 aliphatic heterocycles. The first-order chi connectivity index (χ1) is 8.65. The van der Waals surface area contributed by atoms with E-state index in [1.807, 2.05) is 0 Å². The van der Waals surface area contributed by atoms with Crippen molar-refractivity contribution in [1.82, 2.24) is 4.98 Å². The highest BCUT2D eigenvalue weighted by Gasteiger charge is 2.12. The van der Waals surface area contributed by atoms with Crippen LogP contribution in [0.3, 0.4) is 0 Å². The highest BCUT2D eigenvalue weighted by molar-refractivity contribution is 5.91. The molecule has 1 rings (SSSR count). The van der Waals surface area contributed by atoms with Gasteiger partial charge in [-0.25, -0.2) is 9.78 Å². The molecule has 0 saturated carbocycles. The summed E-state index contributed by atoms with van der Waals surface area (Å²) in [7, 11) is 0. The molecule has 100 valence electrons. The van der Waals surface area contributed by atoms with E-state index in [9.17, 15) is 4.79 Å².